The van der Waals surface area contributed by atoms with Crippen LogP contribution in [-0.4, -0.2) is 11.1 Å². The van der Waals surface area contributed by atoms with Crippen LogP contribution < -0.4 is 5.32 Å². The number of hydrogen-bond donors (Lipinski definition) is 1. The van der Waals surface area contributed by atoms with Crippen LogP contribution in [0.1, 0.15) is 16.7 Å². The summed E-state index contributed by atoms with van der Waals surface area (Å²) < 4.78 is 0. The van der Waals surface area contributed by atoms with Gasteiger partial charge in [-0.05, 0) is 54.9 Å². The Kier molecular flexibility index (Phi) is 4.11. The molecule has 0 unspecified atom stereocenters. The summed E-state index contributed by atoms with van der Waals surface area (Å²) in [6, 6.07) is 15.9. The minimum absolute atomic E-state index is 0.0980. The molecule has 3 nitrogen and oxygen atoms in total. The number of rotatable bonds is 2. The van der Waals surface area contributed by atoms with Gasteiger partial charge in [0.05, 0.1) is 10.6 Å². The first-order valence-electron chi connectivity index (χ1n) is 7.04. The van der Waals surface area contributed by atoms with Crippen LogP contribution in [0.2, 0.25) is 0 Å². The molecule has 22 heavy (non-hydrogen) atoms. The molecule has 4 heteroatoms. The van der Waals surface area contributed by atoms with Crippen molar-refractivity contribution in [2.75, 3.05) is 0 Å². The SMILES string of the molecule is Cc1ccc(N=C2NC(=O)/C(=C/c3ccccc3C)S2)cc1. The summed E-state index contributed by atoms with van der Waals surface area (Å²) in [6.45, 7) is 4.07. The fraction of sp³-hybridized carbons (Fsp3) is 0.111. The van der Waals surface area contributed by atoms with Crippen molar-refractivity contribution in [3.05, 3.63) is 70.1 Å². The highest BCUT2D eigenvalue weighted by Gasteiger charge is 2.23. The fourth-order valence-corrected chi connectivity index (χ4v) is 2.94. The van der Waals surface area contributed by atoms with Gasteiger partial charge in [-0.3, -0.25) is 4.79 Å². The Morgan fingerprint density at radius 3 is 2.50 bits per heavy atom. The van der Waals surface area contributed by atoms with Crippen molar-refractivity contribution < 1.29 is 4.79 Å². The molecule has 0 aromatic heterocycles. The maximum Gasteiger partial charge on any atom is 0.264 e. The van der Waals surface area contributed by atoms with E-state index >= 15 is 0 Å². The third kappa shape index (κ3) is 3.28. The first-order chi connectivity index (χ1) is 10.6. The van der Waals surface area contributed by atoms with E-state index < -0.39 is 0 Å². The molecule has 1 aliphatic heterocycles. The van der Waals surface area contributed by atoms with E-state index in [0.29, 0.717) is 10.1 Å². The van der Waals surface area contributed by atoms with Gasteiger partial charge in [-0.15, -0.1) is 0 Å². The average molecular weight is 308 g/mol. The van der Waals surface area contributed by atoms with Crippen LogP contribution in [0.15, 0.2) is 58.4 Å². The quantitative estimate of drug-likeness (QED) is 0.845. The number of hydrogen-bond acceptors (Lipinski definition) is 3. The second kappa shape index (κ2) is 6.20. The molecule has 3 rings (SSSR count). The van der Waals surface area contributed by atoms with Gasteiger partial charge in [-0.25, -0.2) is 4.99 Å². The second-order valence-electron chi connectivity index (χ2n) is 5.17. The minimum atomic E-state index is -0.0980. The Balaban J connectivity index is 1.84. The summed E-state index contributed by atoms with van der Waals surface area (Å²) in [4.78, 5) is 17.2. The van der Waals surface area contributed by atoms with E-state index in [4.69, 9.17) is 0 Å². The predicted octanol–water partition coefficient (Wildman–Crippen LogP) is 4.20. The van der Waals surface area contributed by atoms with Crippen molar-refractivity contribution in [1.29, 1.82) is 0 Å². The van der Waals surface area contributed by atoms with E-state index in [1.807, 2.05) is 68.5 Å². The first kappa shape index (κ1) is 14.6. The number of carbonyl (C=O) groups is 1. The van der Waals surface area contributed by atoms with Gasteiger partial charge in [0.1, 0.15) is 0 Å². The lowest BCUT2D eigenvalue weighted by Crippen LogP contribution is -2.19. The highest BCUT2D eigenvalue weighted by Crippen LogP contribution is 2.28. The van der Waals surface area contributed by atoms with Gasteiger partial charge in [0, 0.05) is 0 Å². The number of nitrogens with one attached hydrogen (secondary N) is 1. The molecule has 0 aliphatic carbocycles. The summed E-state index contributed by atoms with van der Waals surface area (Å²) in [5.74, 6) is -0.0980. The third-order valence-electron chi connectivity index (χ3n) is 3.39. The number of aliphatic imine (C=N–C) groups is 1. The van der Waals surface area contributed by atoms with Crippen molar-refractivity contribution in [2.24, 2.45) is 4.99 Å². The molecule has 0 spiro atoms. The van der Waals surface area contributed by atoms with Gasteiger partial charge in [-0.1, -0.05) is 42.0 Å². The number of thioether (sulfide) groups is 1. The molecule has 0 bridgehead atoms. The van der Waals surface area contributed by atoms with Crippen molar-refractivity contribution in [3.8, 4) is 0 Å². The zero-order valence-electron chi connectivity index (χ0n) is 12.5. The largest absolute Gasteiger partial charge is 0.300 e. The van der Waals surface area contributed by atoms with Crippen LogP contribution in [0, 0.1) is 13.8 Å². The molecular formula is C18H16N2OS. The van der Waals surface area contributed by atoms with Gasteiger partial charge < -0.3 is 5.32 Å². The number of aryl methyl sites for hydroxylation is 2. The fourth-order valence-electron chi connectivity index (χ4n) is 2.11. The Hall–Kier alpha value is -2.33. The third-order valence-corrected chi connectivity index (χ3v) is 4.30. The molecular weight excluding hydrogens is 292 g/mol. The van der Waals surface area contributed by atoms with E-state index in [2.05, 4.69) is 10.3 Å². The normalized spacial score (nSPS) is 18.0. The highest BCUT2D eigenvalue weighted by atomic mass is 32.2. The number of amidine groups is 1. The monoisotopic (exact) mass is 308 g/mol. The van der Waals surface area contributed by atoms with Crippen LogP contribution >= 0.6 is 11.8 Å². The molecule has 1 saturated heterocycles. The molecule has 2 aromatic carbocycles. The Morgan fingerprint density at radius 2 is 1.77 bits per heavy atom. The average Bonchev–Trinajstić information content (AvgIpc) is 2.84. The zero-order valence-corrected chi connectivity index (χ0v) is 13.3. The molecule has 1 aliphatic rings. The van der Waals surface area contributed by atoms with Gasteiger partial charge in [0.15, 0.2) is 5.17 Å². The van der Waals surface area contributed by atoms with Gasteiger partial charge in [0.25, 0.3) is 5.91 Å². The van der Waals surface area contributed by atoms with Crippen LogP contribution in [0.4, 0.5) is 5.69 Å². The molecule has 0 saturated carbocycles. The van der Waals surface area contributed by atoms with Crippen molar-refractivity contribution in [3.63, 3.8) is 0 Å². The second-order valence-corrected chi connectivity index (χ2v) is 6.20. The molecule has 1 N–H and O–H groups in total. The lowest BCUT2D eigenvalue weighted by Gasteiger charge is -1.99. The van der Waals surface area contributed by atoms with Crippen LogP contribution in [0.5, 0.6) is 0 Å². The molecule has 2 aromatic rings. The highest BCUT2D eigenvalue weighted by molar-refractivity contribution is 8.18. The number of benzene rings is 2. The summed E-state index contributed by atoms with van der Waals surface area (Å²) in [5.41, 5.74) is 4.22. The van der Waals surface area contributed by atoms with Crippen molar-refractivity contribution >= 4 is 34.6 Å². The Morgan fingerprint density at radius 1 is 1.05 bits per heavy atom. The van der Waals surface area contributed by atoms with Crippen molar-refractivity contribution in [1.82, 2.24) is 5.32 Å². The van der Waals surface area contributed by atoms with E-state index in [9.17, 15) is 4.79 Å². The van der Waals surface area contributed by atoms with E-state index in [1.54, 1.807) is 0 Å². The number of nitrogens with zero attached hydrogens (tertiary/aromatic N) is 1. The topological polar surface area (TPSA) is 41.5 Å². The van der Waals surface area contributed by atoms with Gasteiger partial charge >= 0.3 is 0 Å². The molecule has 1 amide bonds. The Bertz CT molecular complexity index is 776. The van der Waals surface area contributed by atoms with Gasteiger partial charge in [0.2, 0.25) is 0 Å². The van der Waals surface area contributed by atoms with Crippen LogP contribution in [0.3, 0.4) is 0 Å². The molecule has 1 fully saturated rings. The smallest absolute Gasteiger partial charge is 0.264 e. The maximum absolute atomic E-state index is 12.1. The first-order valence-corrected chi connectivity index (χ1v) is 7.85. The number of amides is 1. The molecule has 0 atom stereocenters. The lowest BCUT2D eigenvalue weighted by molar-refractivity contribution is -0.115. The molecule has 0 radical (unpaired) electrons. The zero-order chi connectivity index (χ0) is 15.5. The standard InChI is InChI=1S/C18H16N2OS/c1-12-7-9-15(10-8-12)19-18-20-17(21)16(22-18)11-14-6-4-3-5-13(14)2/h3-11H,1-2H3,(H,19,20,21)/b16-11-. The summed E-state index contributed by atoms with van der Waals surface area (Å²) in [7, 11) is 0. The van der Waals surface area contributed by atoms with E-state index in [0.717, 1.165) is 16.8 Å². The maximum atomic E-state index is 12.1. The van der Waals surface area contributed by atoms with E-state index in [-0.39, 0.29) is 5.91 Å². The minimum Gasteiger partial charge on any atom is -0.300 e. The van der Waals surface area contributed by atoms with E-state index in [1.165, 1.54) is 17.3 Å². The van der Waals surface area contributed by atoms with Gasteiger partial charge in [-0.2, -0.15) is 0 Å². The molecule has 110 valence electrons. The number of carbonyl (C=O) groups excluding carboxylic acids is 1. The lowest BCUT2D eigenvalue weighted by atomic mass is 10.1. The Labute approximate surface area is 134 Å². The summed E-state index contributed by atoms with van der Waals surface area (Å²) >= 11 is 1.37. The summed E-state index contributed by atoms with van der Waals surface area (Å²) in [6.07, 6.45) is 1.91. The van der Waals surface area contributed by atoms with Crippen molar-refractivity contribution in [2.45, 2.75) is 13.8 Å². The predicted molar refractivity (Wildman–Crippen MR) is 93.2 cm³/mol. The van der Waals surface area contributed by atoms with Crippen LogP contribution in [-0.2, 0) is 4.79 Å². The van der Waals surface area contributed by atoms with Crippen LogP contribution in [0.25, 0.3) is 6.08 Å². The molecule has 1 heterocycles. The summed E-state index contributed by atoms with van der Waals surface area (Å²) in [5, 5.41) is 3.43.